The number of nitrogens with zero attached hydrogens (tertiary/aromatic N) is 1. The molecule has 0 saturated heterocycles. The van der Waals surface area contributed by atoms with Crippen LogP contribution in [0.25, 0.3) is 10.6 Å². The van der Waals surface area contributed by atoms with Crippen molar-refractivity contribution in [3.63, 3.8) is 0 Å². The van der Waals surface area contributed by atoms with Crippen molar-refractivity contribution in [3.8, 4) is 10.6 Å². The quantitative estimate of drug-likeness (QED) is 0.909. The molecular weight excluding hydrogens is 304 g/mol. The zero-order valence-corrected chi connectivity index (χ0v) is 13.3. The van der Waals surface area contributed by atoms with Crippen LogP contribution in [0.3, 0.4) is 0 Å². The van der Waals surface area contributed by atoms with Crippen molar-refractivity contribution < 1.29 is 9.90 Å². The van der Waals surface area contributed by atoms with E-state index in [2.05, 4.69) is 10.3 Å². The predicted octanol–water partition coefficient (Wildman–Crippen LogP) is 3.15. The highest BCUT2D eigenvalue weighted by atomic mass is 32.1. The largest absolute Gasteiger partial charge is 0.396 e. The summed E-state index contributed by atoms with van der Waals surface area (Å²) in [4.78, 5) is 16.7. The van der Waals surface area contributed by atoms with Crippen LogP contribution in [0.1, 0.15) is 36.2 Å². The Morgan fingerprint density at radius 1 is 1.33 bits per heavy atom. The van der Waals surface area contributed by atoms with E-state index in [1.165, 1.54) is 11.3 Å². The van der Waals surface area contributed by atoms with Gasteiger partial charge in [-0.25, -0.2) is 4.98 Å². The first-order valence-corrected chi connectivity index (χ1v) is 8.98. The minimum atomic E-state index is -0.0832. The van der Waals surface area contributed by atoms with Gasteiger partial charge in [-0.3, -0.25) is 4.79 Å². The maximum atomic E-state index is 12.2. The minimum absolute atomic E-state index is 0.0832. The van der Waals surface area contributed by atoms with Gasteiger partial charge in [0.25, 0.3) is 5.91 Å². The standard InChI is InChI=1S/C15H18N2O2S2/c18-7-10-1-3-12(4-2-10)16-14(19)13-9-21-15(17-13)11-5-6-20-8-11/h5-6,8-10,12,18H,1-4,7H2,(H,16,19). The summed E-state index contributed by atoms with van der Waals surface area (Å²) < 4.78 is 0. The summed E-state index contributed by atoms with van der Waals surface area (Å²) in [5, 5.41) is 19.0. The summed E-state index contributed by atoms with van der Waals surface area (Å²) in [6.45, 7) is 0.261. The average Bonchev–Trinajstić information content (AvgIpc) is 3.19. The molecule has 21 heavy (non-hydrogen) atoms. The maximum absolute atomic E-state index is 12.2. The number of aliphatic hydroxyl groups is 1. The van der Waals surface area contributed by atoms with E-state index in [0.717, 1.165) is 36.3 Å². The van der Waals surface area contributed by atoms with Crippen molar-refractivity contribution in [1.82, 2.24) is 10.3 Å². The van der Waals surface area contributed by atoms with Gasteiger partial charge in [-0.15, -0.1) is 11.3 Å². The van der Waals surface area contributed by atoms with E-state index < -0.39 is 0 Å². The molecule has 2 N–H and O–H groups in total. The lowest BCUT2D eigenvalue weighted by atomic mass is 9.86. The molecule has 6 heteroatoms. The van der Waals surface area contributed by atoms with Crippen LogP contribution in [0, 0.1) is 5.92 Å². The summed E-state index contributed by atoms with van der Waals surface area (Å²) in [6.07, 6.45) is 3.86. The van der Waals surface area contributed by atoms with Crippen LogP contribution in [0.15, 0.2) is 22.2 Å². The van der Waals surface area contributed by atoms with Crippen molar-refractivity contribution >= 4 is 28.6 Å². The highest BCUT2D eigenvalue weighted by molar-refractivity contribution is 7.14. The smallest absolute Gasteiger partial charge is 0.270 e. The molecule has 1 aliphatic rings. The van der Waals surface area contributed by atoms with Crippen LogP contribution in [0.2, 0.25) is 0 Å². The molecule has 0 unspecified atom stereocenters. The number of amides is 1. The van der Waals surface area contributed by atoms with Crippen LogP contribution in [0.4, 0.5) is 0 Å². The van der Waals surface area contributed by atoms with Gasteiger partial charge in [0.15, 0.2) is 0 Å². The monoisotopic (exact) mass is 322 g/mol. The highest BCUT2D eigenvalue weighted by Gasteiger charge is 2.23. The van der Waals surface area contributed by atoms with E-state index in [0.29, 0.717) is 11.6 Å². The topological polar surface area (TPSA) is 62.2 Å². The Bertz CT molecular complexity index is 587. The molecule has 0 radical (unpaired) electrons. The van der Waals surface area contributed by atoms with Crippen molar-refractivity contribution in [2.75, 3.05) is 6.61 Å². The van der Waals surface area contributed by atoms with Gasteiger partial charge in [0, 0.05) is 29.0 Å². The van der Waals surface area contributed by atoms with Crippen LogP contribution in [-0.4, -0.2) is 28.6 Å². The molecule has 112 valence electrons. The van der Waals surface area contributed by atoms with E-state index in [-0.39, 0.29) is 18.6 Å². The number of thiophene rings is 1. The summed E-state index contributed by atoms with van der Waals surface area (Å²) in [7, 11) is 0. The van der Waals surface area contributed by atoms with Crippen LogP contribution in [-0.2, 0) is 0 Å². The van der Waals surface area contributed by atoms with Crippen LogP contribution in [0.5, 0.6) is 0 Å². The van der Waals surface area contributed by atoms with Gasteiger partial charge in [0.1, 0.15) is 10.7 Å². The van der Waals surface area contributed by atoms with Gasteiger partial charge in [-0.1, -0.05) is 0 Å². The Balaban J connectivity index is 1.59. The number of thiazole rings is 1. The molecule has 0 spiro atoms. The molecule has 2 aromatic heterocycles. The van der Waals surface area contributed by atoms with Crippen molar-refractivity contribution in [1.29, 1.82) is 0 Å². The lowest BCUT2D eigenvalue weighted by Gasteiger charge is -2.27. The van der Waals surface area contributed by atoms with E-state index in [1.807, 2.05) is 22.2 Å². The average molecular weight is 322 g/mol. The zero-order chi connectivity index (χ0) is 14.7. The number of hydrogen-bond donors (Lipinski definition) is 2. The third-order valence-corrected chi connectivity index (χ3v) is 5.52. The molecule has 1 saturated carbocycles. The van der Waals surface area contributed by atoms with Crippen LogP contribution < -0.4 is 5.32 Å². The predicted molar refractivity (Wildman–Crippen MR) is 85.7 cm³/mol. The van der Waals surface area contributed by atoms with Gasteiger partial charge in [-0.05, 0) is 43.0 Å². The SMILES string of the molecule is O=C(NC1CCC(CO)CC1)c1csc(-c2ccsc2)n1. The number of carbonyl (C=O) groups excluding carboxylic acids is 1. The number of aromatic nitrogens is 1. The van der Waals surface area contributed by atoms with Gasteiger partial charge >= 0.3 is 0 Å². The van der Waals surface area contributed by atoms with Gasteiger partial charge in [-0.2, -0.15) is 11.3 Å². The molecule has 0 atom stereocenters. The Hall–Kier alpha value is -1.24. The van der Waals surface area contributed by atoms with Crippen LogP contribution >= 0.6 is 22.7 Å². The number of hydrogen-bond acceptors (Lipinski definition) is 5. The van der Waals surface area contributed by atoms with Crippen molar-refractivity contribution in [2.24, 2.45) is 5.92 Å². The van der Waals surface area contributed by atoms with E-state index >= 15 is 0 Å². The Kier molecular flexibility index (Phi) is 4.67. The normalized spacial score (nSPS) is 22.1. The molecule has 3 rings (SSSR count). The zero-order valence-electron chi connectivity index (χ0n) is 11.6. The second kappa shape index (κ2) is 6.68. The van der Waals surface area contributed by atoms with E-state index in [1.54, 1.807) is 11.3 Å². The van der Waals surface area contributed by atoms with E-state index in [4.69, 9.17) is 5.11 Å². The third kappa shape index (κ3) is 3.51. The Morgan fingerprint density at radius 2 is 2.14 bits per heavy atom. The fourth-order valence-electron chi connectivity index (χ4n) is 2.65. The molecule has 1 aliphatic carbocycles. The summed E-state index contributed by atoms with van der Waals surface area (Å²) in [6, 6.07) is 2.23. The molecule has 0 bridgehead atoms. The summed E-state index contributed by atoms with van der Waals surface area (Å²) in [5.41, 5.74) is 1.58. The highest BCUT2D eigenvalue weighted by Crippen LogP contribution is 2.27. The third-order valence-electron chi connectivity index (χ3n) is 3.95. The second-order valence-electron chi connectivity index (χ2n) is 5.42. The fourth-order valence-corrected chi connectivity index (χ4v) is 4.16. The minimum Gasteiger partial charge on any atom is -0.396 e. The van der Waals surface area contributed by atoms with Crippen molar-refractivity contribution in [3.05, 3.63) is 27.9 Å². The number of nitrogens with one attached hydrogen (secondary N) is 1. The number of rotatable bonds is 4. The summed E-state index contributed by atoms with van der Waals surface area (Å²) >= 11 is 3.13. The van der Waals surface area contributed by atoms with Gasteiger partial charge < -0.3 is 10.4 Å². The molecule has 1 fully saturated rings. The van der Waals surface area contributed by atoms with E-state index in [9.17, 15) is 4.79 Å². The maximum Gasteiger partial charge on any atom is 0.270 e. The Labute approximate surface area is 131 Å². The molecule has 2 aromatic rings. The molecule has 4 nitrogen and oxygen atoms in total. The fraction of sp³-hybridized carbons (Fsp3) is 0.467. The molecule has 0 aliphatic heterocycles. The molecule has 1 amide bonds. The van der Waals surface area contributed by atoms with Crippen molar-refractivity contribution in [2.45, 2.75) is 31.7 Å². The Morgan fingerprint density at radius 3 is 2.81 bits per heavy atom. The molecular formula is C15H18N2O2S2. The van der Waals surface area contributed by atoms with Gasteiger partial charge in [0.2, 0.25) is 0 Å². The summed E-state index contributed by atoms with van der Waals surface area (Å²) in [5.74, 6) is 0.322. The molecule has 2 heterocycles. The first-order valence-electron chi connectivity index (χ1n) is 7.16. The first-order chi connectivity index (χ1) is 10.3. The number of carbonyl (C=O) groups is 1. The second-order valence-corrected chi connectivity index (χ2v) is 7.06. The lowest BCUT2D eigenvalue weighted by molar-refractivity contribution is 0.0909. The van der Waals surface area contributed by atoms with Gasteiger partial charge in [0.05, 0.1) is 0 Å². The molecule has 0 aromatic carbocycles. The number of aliphatic hydroxyl groups excluding tert-OH is 1. The lowest BCUT2D eigenvalue weighted by Crippen LogP contribution is -2.38. The first kappa shape index (κ1) is 14.7.